The molecule has 1 aliphatic heterocycles. The van der Waals surface area contributed by atoms with Gasteiger partial charge in [-0.05, 0) is 33.0 Å². The molecule has 17 heavy (non-hydrogen) atoms. The third-order valence-electron chi connectivity index (χ3n) is 3.71. The summed E-state index contributed by atoms with van der Waals surface area (Å²) in [5, 5.41) is 0. The quantitative estimate of drug-likeness (QED) is 0.856. The van der Waals surface area contributed by atoms with Gasteiger partial charge in [0.05, 0.1) is 12.8 Å². The number of hydrogen-bond donors (Lipinski definition) is 1. The summed E-state index contributed by atoms with van der Waals surface area (Å²) in [6.45, 7) is 3.76. The Bertz CT molecular complexity index is 340. The zero-order valence-electron chi connectivity index (χ0n) is 10.9. The number of likely N-dealkylation sites (tertiary alicyclic amines) is 1. The van der Waals surface area contributed by atoms with Gasteiger partial charge in [-0.1, -0.05) is 0 Å². The lowest BCUT2D eigenvalue weighted by atomic mass is 10.0. The highest BCUT2D eigenvalue weighted by Gasteiger charge is 2.21. The summed E-state index contributed by atoms with van der Waals surface area (Å²) >= 11 is 0. The highest BCUT2D eigenvalue weighted by atomic mass is 16.3. The second kappa shape index (κ2) is 5.67. The average molecular weight is 237 g/mol. The molecule has 4 heteroatoms. The molecule has 2 heterocycles. The fourth-order valence-corrected chi connectivity index (χ4v) is 2.48. The smallest absolute Gasteiger partial charge is 0.122 e. The lowest BCUT2D eigenvalue weighted by Gasteiger charge is -2.34. The van der Waals surface area contributed by atoms with Crippen LogP contribution in [-0.2, 0) is 13.1 Å². The molecule has 1 aromatic heterocycles. The first kappa shape index (κ1) is 12.6. The van der Waals surface area contributed by atoms with E-state index in [2.05, 4.69) is 23.9 Å². The number of piperidine rings is 1. The van der Waals surface area contributed by atoms with Crippen LogP contribution in [0.5, 0.6) is 0 Å². The van der Waals surface area contributed by atoms with E-state index >= 15 is 0 Å². The lowest BCUT2D eigenvalue weighted by Crippen LogP contribution is -2.41. The number of hydrogen-bond acceptors (Lipinski definition) is 4. The van der Waals surface area contributed by atoms with Gasteiger partial charge in [-0.3, -0.25) is 4.90 Å². The Morgan fingerprint density at radius 2 is 2.12 bits per heavy atom. The molecule has 1 saturated heterocycles. The van der Waals surface area contributed by atoms with Crippen LogP contribution in [0, 0.1) is 0 Å². The van der Waals surface area contributed by atoms with E-state index in [0.717, 1.165) is 37.0 Å². The van der Waals surface area contributed by atoms with Crippen LogP contribution in [0.4, 0.5) is 0 Å². The van der Waals surface area contributed by atoms with Crippen LogP contribution < -0.4 is 5.73 Å². The summed E-state index contributed by atoms with van der Waals surface area (Å²) in [5.74, 6) is 1.04. The van der Waals surface area contributed by atoms with Gasteiger partial charge in [-0.15, -0.1) is 0 Å². The van der Waals surface area contributed by atoms with Gasteiger partial charge >= 0.3 is 0 Å². The summed E-state index contributed by atoms with van der Waals surface area (Å²) in [5.41, 5.74) is 6.82. The van der Waals surface area contributed by atoms with Gasteiger partial charge in [0.1, 0.15) is 5.76 Å². The number of nitrogens with two attached hydrogens (primary N) is 1. The first-order chi connectivity index (χ1) is 8.20. The molecule has 0 aliphatic carbocycles. The van der Waals surface area contributed by atoms with Gasteiger partial charge in [0.2, 0.25) is 0 Å². The van der Waals surface area contributed by atoms with Crippen molar-refractivity contribution in [1.82, 2.24) is 9.80 Å². The molecule has 0 spiro atoms. The summed E-state index contributed by atoms with van der Waals surface area (Å²) in [6.07, 6.45) is 4.22. The first-order valence-electron chi connectivity index (χ1n) is 6.34. The van der Waals surface area contributed by atoms with Crippen LogP contribution in [0.3, 0.4) is 0 Å². The van der Waals surface area contributed by atoms with E-state index < -0.39 is 0 Å². The van der Waals surface area contributed by atoms with Gasteiger partial charge in [-0.2, -0.15) is 0 Å². The maximum atomic E-state index is 5.68. The van der Waals surface area contributed by atoms with E-state index in [-0.39, 0.29) is 0 Å². The molecule has 0 unspecified atom stereocenters. The molecular formula is C13H23N3O. The SMILES string of the molecule is CN(C)C1CCN(Cc2occc2CN)CC1. The zero-order valence-corrected chi connectivity index (χ0v) is 10.9. The van der Waals surface area contributed by atoms with E-state index in [1.54, 1.807) is 6.26 Å². The topological polar surface area (TPSA) is 45.6 Å². The van der Waals surface area contributed by atoms with Crippen molar-refractivity contribution in [2.45, 2.75) is 32.0 Å². The molecule has 0 bridgehead atoms. The van der Waals surface area contributed by atoms with Gasteiger partial charge < -0.3 is 15.1 Å². The third-order valence-corrected chi connectivity index (χ3v) is 3.71. The van der Waals surface area contributed by atoms with Crippen LogP contribution in [0.25, 0.3) is 0 Å². The van der Waals surface area contributed by atoms with Crippen molar-refractivity contribution in [3.63, 3.8) is 0 Å². The van der Waals surface area contributed by atoms with Crippen molar-refractivity contribution in [1.29, 1.82) is 0 Å². The van der Waals surface area contributed by atoms with E-state index in [9.17, 15) is 0 Å². The average Bonchev–Trinajstić information content (AvgIpc) is 2.77. The predicted molar refractivity (Wildman–Crippen MR) is 68.6 cm³/mol. The van der Waals surface area contributed by atoms with Crippen LogP contribution in [-0.4, -0.2) is 43.0 Å². The normalized spacial score (nSPS) is 19.1. The number of nitrogens with zero attached hydrogens (tertiary/aromatic N) is 2. The molecule has 0 amide bonds. The highest BCUT2D eigenvalue weighted by molar-refractivity contribution is 5.16. The van der Waals surface area contributed by atoms with E-state index in [1.807, 2.05) is 6.07 Å². The Hall–Kier alpha value is -0.840. The Balaban J connectivity index is 1.86. The fraction of sp³-hybridized carbons (Fsp3) is 0.692. The Labute approximate surface area is 103 Å². The Kier molecular flexibility index (Phi) is 4.20. The Morgan fingerprint density at radius 3 is 2.71 bits per heavy atom. The number of furan rings is 1. The van der Waals surface area contributed by atoms with Crippen molar-refractivity contribution in [2.75, 3.05) is 27.2 Å². The summed E-state index contributed by atoms with van der Waals surface area (Å²) in [7, 11) is 4.33. The van der Waals surface area contributed by atoms with E-state index in [1.165, 1.54) is 12.8 Å². The summed E-state index contributed by atoms with van der Waals surface area (Å²) in [6, 6.07) is 2.71. The monoisotopic (exact) mass is 237 g/mol. The molecule has 2 N–H and O–H groups in total. The molecular weight excluding hydrogens is 214 g/mol. The minimum atomic E-state index is 0.569. The minimum absolute atomic E-state index is 0.569. The minimum Gasteiger partial charge on any atom is -0.468 e. The van der Waals surface area contributed by atoms with Gasteiger partial charge in [0.25, 0.3) is 0 Å². The van der Waals surface area contributed by atoms with E-state index in [4.69, 9.17) is 10.2 Å². The fourth-order valence-electron chi connectivity index (χ4n) is 2.48. The molecule has 0 saturated carbocycles. The molecule has 96 valence electrons. The maximum absolute atomic E-state index is 5.68. The van der Waals surface area contributed by atoms with E-state index in [0.29, 0.717) is 6.54 Å². The standard InChI is InChI=1S/C13H23N3O/c1-15(2)12-3-6-16(7-4-12)10-13-11(9-14)5-8-17-13/h5,8,12H,3-4,6-7,9-10,14H2,1-2H3. The van der Waals surface area contributed by atoms with Crippen molar-refractivity contribution >= 4 is 0 Å². The van der Waals surface area contributed by atoms with Gasteiger partial charge in [0.15, 0.2) is 0 Å². The van der Waals surface area contributed by atoms with Gasteiger partial charge in [-0.25, -0.2) is 0 Å². The molecule has 1 aliphatic rings. The van der Waals surface area contributed by atoms with Crippen LogP contribution >= 0.6 is 0 Å². The zero-order chi connectivity index (χ0) is 12.3. The van der Waals surface area contributed by atoms with Crippen molar-refractivity contribution < 1.29 is 4.42 Å². The van der Waals surface area contributed by atoms with Gasteiger partial charge in [0, 0.05) is 31.2 Å². The number of rotatable bonds is 4. The molecule has 0 radical (unpaired) electrons. The van der Waals surface area contributed by atoms with Crippen LogP contribution in [0.2, 0.25) is 0 Å². The third kappa shape index (κ3) is 3.09. The molecule has 2 rings (SSSR count). The second-order valence-electron chi connectivity index (χ2n) is 5.04. The predicted octanol–water partition coefficient (Wildman–Crippen LogP) is 1.26. The molecule has 4 nitrogen and oxygen atoms in total. The largest absolute Gasteiger partial charge is 0.468 e. The molecule has 1 aromatic rings. The highest BCUT2D eigenvalue weighted by Crippen LogP contribution is 2.18. The maximum Gasteiger partial charge on any atom is 0.122 e. The summed E-state index contributed by atoms with van der Waals surface area (Å²) < 4.78 is 5.50. The van der Waals surface area contributed by atoms with Crippen LogP contribution in [0.1, 0.15) is 24.2 Å². The second-order valence-corrected chi connectivity index (χ2v) is 5.04. The van der Waals surface area contributed by atoms with Crippen molar-refractivity contribution in [3.8, 4) is 0 Å². The molecule has 1 fully saturated rings. The molecule has 0 aromatic carbocycles. The first-order valence-corrected chi connectivity index (χ1v) is 6.34. The molecule has 0 atom stereocenters. The van der Waals surface area contributed by atoms with Crippen molar-refractivity contribution in [2.24, 2.45) is 5.73 Å². The Morgan fingerprint density at radius 1 is 1.41 bits per heavy atom. The van der Waals surface area contributed by atoms with Crippen molar-refractivity contribution in [3.05, 3.63) is 23.7 Å². The lowest BCUT2D eigenvalue weighted by molar-refractivity contribution is 0.133. The summed E-state index contributed by atoms with van der Waals surface area (Å²) in [4.78, 5) is 4.79. The van der Waals surface area contributed by atoms with Crippen LogP contribution in [0.15, 0.2) is 16.7 Å².